The van der Waals surface area contributed by atoms with Crippen molar-refractivity contribution in [2.75, 3.05) is 0 Å². The van der Waals surface area contributed by atoms with E-state index >= 15 is 0 Å². The molecule has 0 radical (unpaired) electrons. The van der Waals surface area contributed by atoms with Crippen molar-refractivity contribution in [3.63, 3.8) is 0 Å². The predicted molar refractivity (Wildman–Crippen MR) is 105 cm³/mol. The van der Waals surface area contributed by atoms with Crippen LogP contribution in [0.25, 0.3) is 10.9 Å². The standard InChI is InChI=1S/C23H23F4NO/c1-15-11-16(19-9-4-5-10-20(19)28-15)13-22(29,23(25,26)27)14-21(2,3)17-7-6-8-18(24)12-17/h4-12,29H,13-14H2,1-3H3. The molecular formula is C23H23F4NO. The molecule has 1 N–H and O–H groups in total. The smallest absolute Gasteiger partial charge is 0.380 e. The van der Waals surface area contributed by atoms with Gasteiger partial charge in [0.05, 0.1) is 5.52 Å². The zero-order chi connectivity index (χ0) is 21.4. The van der Waals surface area contributed by atoms with Crippen LogP contribution in [0, 0.1) is 12.7 Å². The molecular weight excluding hydrogens is 382 g/mol. The summed E-state index contributed by atoms with van der Waals surface area (Å²) in [4.78, 5) is 4.36. The van der Waals surface area contributed by atoms with Crippen LogP contribution in [0.1, 0.15) is 37.1 Å². The Hall–Kier alpha value is -2.47. The Kier molecular flexibility index (Phi) is 5.43. The Balaban J connectivity index is 2.05. The molecule has 6 heteroatoms. The van der Waals surface area contributed by atoms with Crippen molar-refractivity contribution in [1.29, 1.82) is 0 Å². The minimum absolute atomic E-state index is 0.378. The van der Waals surface area contributed by atoms with Crippen LogP contribution in [-0.4, -0.2) is 21.9 Å². The molecule has 0 aliphatic rings. The molecule has 2 aromatic carbocycles. The highest BCUT2D eigenvalue weighted by Crippen LogP contribution is 2.43. The monoisotopic (exact) mass is 405 g/mol. The summed E-state index contributed by atoms with van der Waals surface area (Å²) in [7, 11) is 0. The van der Waals surface area contributed by atoms with Gasteiger partial charge in [-0.2, -0.15) is 13.2 Å². The number of aryl methyl sites for hydroxylation is 1. The minimum Gasteiger partial charge on any atom is -0.380 e. The lowest BCUT2D eigenvalue weighted by molar-refractivity contribution is -0.266. The summed E-state index contributed by atoms with van der Waals surface area (Å²) in [5.41, 5.74) is -2.16. The summed E-state index contributed by atoms with van der Waals surface area (Å²) in [6, 6.07) is 14.0. The van der Waals surface area contributed by atoms with E-state index < -0.39 is 35.9 Å². The number of aromatic nitrogens is 1. The van der Waals surface area contributed by atoms with Crippen molar-refractivity contribution in [1.82, 2.24) is 4.98 Å². The Labute approximate surface area is 167 Å². The number of nitrogens with zero attached hydrogens (tertiary/aromatic N) is 1. The van der Waals surface area contributed by atoms with E-state index in [1.165, 1.54) is 18.2 Å². The van der Waals surface area contributed by atoms with Crippen LogP contribution in [0.15, 0.2) is 54.6 Å². The molecule has 1 unspecified atom stereocenters. The van der Waals surface area contributed by atoms with E-state index in [2.05, 4.69) is 4.98 Å². The summed E-state index contributed by atoms with van der Waals surface area (Å²) in [5.74, 6) is -0.526. The van der Waals surface area contributed by atoms with Gasteiger partial charge >= 0.3 is 6.18 Å². The average molecular weight is 405 g/mol. The molecule has 2 nitrogen and oxygen atoms in total. The van der Waals surface area contributed by atoms with Crippen LogP contribution in [-0.2, 0) is 11.8 Å². The van der Waals surface area contributed by atoms with Gasteiger partial charge in [-0.15, -0.1) is 0 Å². The minimum atomic E-state index is -4.87. The maximum absolute atomic E-state index is 14.1. The number of aliphatic hydroxyl groups is 1. The van der Waals surface area contributed by atoms with Gasteiger partial charge in [-0.3, -0.25) is 4.98 Å². The average Bonchev–Trinajstić information content (AvgIpc) is 2.60. The Morgan fingerprint density at radius 2 is 1.66 bits per heavy atom. The fourth-order valence-electron chi connectivity index (χ4n) is 3.86. The van der Waals surface area contributed by atoms with Gasteiger partial charge in [-0.25, -0.2) is 4.39 Å². The second-order valence-corrected chi connectivity index (χ2v) is 8.22. The number of fused-ring (bicyclic) bond motifs is 1. The lowest BCUT2D eigenvalue weighted by Gasteiger charge is -2.38. The third kappa shape index (κ3) is 4.42. The van der Waals surface area contributed by atoms with Crippen molar-refractivity contribution in [2.24, 2.45) is 0 Å². The Morgan fingerprint density at radius 3 is 2.31 bits per heavy atom. The van der Waals surface area contributed by atoms with Crippen LogP contribution < -0.4 is 0 Å². The molecule has 0 aliphatic heterocycles. The molecule has 3 rings (SSSR count). The van der Waals surface area contributed by atoms with Gasteiger partial charge in [0, 0.05) is 17.5 Å². The van der Waals surface area contributed by atoms with Crippen LogP contribution in [0.2, 0.25) is 0 Å². The van der Waals surface area contributed by atoms with Gasteiger partial charge in [0.1, 0.15) is 5.82 Å². The van der Waals surface area contributed by atoms with Gasteiger partial charge in [0.2, 0.25) is 0 Å². The molecule has 0 bridgehead atoms. The largest absolute Gasteiger partial charge is 0.417 e. The van der Waals surface area contributed by atoms with Gasteiger partial charge in [0.25, 0.3) is 0 Å². The lowest BCUT2D eigenvalue weighted by Crippen LogP contribution is -2.50. The van der Waals surface area contributed by atoms with E-state index in [-0.39, 0.29) is 0 Å². The van der Waals surface area contributed by atoms with E-state index in [0.29, 0.717) is 27.7 Å². The molecule has 3 aromatic rings. The third-order valence-electron chi connectivity index (χ3n) is 5.28. The molecule has 0 saturated carbocycles. The Bertz CT molecular complexity index is 1030. The SMILES string of the molecule is Cc1cc(CC(O)(CC(C)(C)c2cccc(F)c2)C(F)(F)F)c2ccccc2n1. The second kappa shape index (κ2) is 7.41. The first-order valence-corrected chi connectivity index (χ1v) is 9.32. The van der Waals surface area contributed by atoms with Gasteiger partial charge in [0.15, 0.2) is 5.60 Å². The van der Waals surface area contributed by atoms with Gasteiger partial charge in [-0.05, 0) is 54.2 Å². The van der Waals surface area contributed by atoms with E-state index in [4.69, 9.17) is 0 Å². The van der Waals surface area contributed by atoms with E-state index in [1.807, 2.05) is 0 Å². The first-order chi connectivity index (χ1) is 13.4. The fourth-order valence-corrected chi connectivity index (χ4v) is 3.86. The van der Waals surface area contributed by atoms with E-state index in [9.17, 15) is 22.7 Å². The highest BCUT2D eigenvalue weighted by atomic mass is 19.4. The summed E-state index contributed by atoms with van der Waals surface area (Å²) in [5, 5.41) is 11.5. The molecule has 1 atom stereocenters. The molecule has 0 aliphatic carbocycles. The quantitative estimate of drug-likeness (QED) is 0.537. The van der Waals surface area contributed by atoms with Gasteiger partial charge < -0.3 is 5.11 Å². The maximum Gasteiger partial charge on any atom is 0.417 e. The van der Waals surface area contributed by atoms with Crippen molar-refractivity contribution in [3.8, 4) is 0 Å². The molecule has 0 saturated heterocycles. The first kappa shape index (κ1) is 21.2. The van der Waals surface area contributed by atoms with Crippen LogP contribution >= 0.6 is 0 Å². The number of benzene rings is 2. The maximum atomic E-state index is 14.1. The molecule has 154 valence electrons. The molecule has 29 heavy (non-hydrogen) atoms. The third-order valence-corrected chi connectivity index (χ3v) is 5.28. The van der Waals surface area contributed by atoms with Crippen molar-refractivity contribution >= 4 is 10.9 Å². The number of halogens is 4. The summed E-state index contributed by atoms with van der Waals surface area (Å²) < 4.78 is 55.9. The molecule has 0 spiro atoms. The van der Waals surface area contributed by atoms with Gasteiger partial charge in [-0.1, -0.05) is 44.2 Å². The zero-order valence-electron chi connectivity index (χ0n) is 16.5. The number of hydrogen-bond donors (Lipinski definition) is 1. The second-order valence-electron chi connectivity index (χ2n) is 8.22. The zero-order valence-corrected chi connectivity index (χ0v) is 16.5. The van der Waals surface area contributed by atoms with E-state index in [1.54, 1.807) is 57.2 Å². The van der Waals surface area contributed by atoms with Crippen LogP contribution in [0.4, 0.5) is 17.6 Å². The number of rotatable bonds is 5. The fraction of sp³-hybridized carbons (Fsp3) is 0.348. The number of pyridine rings is 1. The number of para-hydroxylation sites is 1. The predicted octanol–water partition coefficient (Wildman–Crippen LogP) is 5.89. The van der Waals surface area contributed by atoms with Crippen molar-refractivity contribution in [2.45, 2.75) is 50.8 Å². The summed E-state index contributed by atoms with van der Waals surface area (Å²) >= 11 is 0. The molecule has 1 heterocycles. The Morgan fingerprint density at radius 1 is 0.966 bits per heavy atom. The first-order valence-electron chi connectivity index (χ1n) is 9.32. The summed E-state index contributed by atoms with van der Waals surface area (Å²) in [6.07, 6.45) is -6.09. The number of alkyl halides is 3. The summed E-state index contributed by atoms with van der Waals surface area (Å²) in [6.45, 7) is 4.86. The van der Waals surface area contributed by atoms with Crippen LogP contribution in [0.3, 0.4) is 0 Å². The normalized spacial score (nSPS) is 14.8. The molecule has 0 fully saturated rings. The lowest BCUT2D eigenvalue weighted by atomic mass is 9.73. The van der Waals surface area contributed by atoms with Crippen molar-refractivity contribution in [3.05, 3.63) is 77.2 Å². The highest BCUT2D eigenvalue weighted by molar-refractivity contribution is 5.82. The van der Waals surface area contributed by atoms with Crippen LogP contribution in [0.5, 0.6) is 0 Å². The van der Waals surface area contributed by atoms with Crippen molar-refractivity contribution < 1.29 is 22.7 Å². The molecule has 1 aromatic heterocycles. The topological polar surface area (TPSA) is 33.1 Å². The number of hydrogen-bond acceptors (Lipinski definition) is 2. The highest BCUT2D eigenvalue weighted by Gasteiger charge is 2.55. The molecule has 0 amide bonds. The van der Waals surface area contributed by atoms with E-state index in [0.717, 1.165) is 0 Å².